The van der Waals surface area contributed by atoms with Crippen LogP contribution < -0.4 is 15.8 Å². The molecular formula is C18H22N4O6. The van der Waals surface area contributed by atoms with Gasteiger partial charge in [0.1, 0.15) is 17.8 Å². The van der Waals surface area contributed by atoms with Crippen LogP contribution in [0.2, 0.25) is 0 Å². The number of benzene rings is 1. The molecule has 0 fully saturated rings. The zero-order valence-corrected chi connectivity index (χ0v) is 15.6. The third kappa shape index (κ3) is 5.61. The Bertz CT molecular complexity index is 870. The molecule has 2 rings (SSSR count). The van der Waals surface area contributed by atoms with Gasteiger partial charge in [-0.05, 0) is 30.5 Å². The zero-order valence-electron chi connectivity index (χ0n) is 15.6. The molecule has 0 saturated carbocycles. The number of nitro groups is 1. The number of amides is 1. The number of aromatic nitrogens is 1. The summed E-state index contributed by atoms with van der Waals surface area (Å²) in [5.74, 6) is -0.648. The summed E-state index contributed by atoms with van der Waals surface area (Å²) in [5.41, 5.74) is 5.90. The summed E-state index contributed by atoms with van der Waals surface area (Å²) in [7, 11) is 0. The van der Waals surface area contributed by atoms with Crippen LogP contribution in [0, 0.1) is 16.0 Å². The van der Waals surface area contributed by atoms with Gasteiger partial charge in [0.2, 0.25) is 12.7 Å². The largest absolute Gasteiger partial charge is 0.455 e. The van der Waals surface area contributed by atoms with E-state index in [-0.39, 0.29) is 29.4 Å². The summed E-state index contributed by atoms with van der Waals surface area (Å²) in [4.78, 5) is 38.2. The normalized spacial score (nSPS) is 11.9. The Kier molecular flexibility index (Phi) is 7.21. The summed E-state index contributed by atoms with van der Waals surface area (Å²) in [6.45, 7) is 3.11. The van der Waals surface area contributed by atoms with E-state index in [9.17, 15) is 19.7 Å². The van der Waals surface area contributed by atoms with Crippen molar-refractivity contribution in [2.45, 2.75) is 26.3 Å². The Balaban J connectivity index is 1.88. The Labute approximate surface area is 161 Å². The second-order valence-electron chi connectivity index (χ2n) is 6.47. The van der Waals surface area contributed by atoms with Gasteiger partial charge in [-0.2, -0.15) is 0 Å². The fraction of sp³-hybridized carbons (Fsp3) is 0.389. The van der Waals surface area contributed by atoms with E-state index in [0.29, 0.717) is 11.8 Å². The number of pyridine rings is 1. The van der Waals surface area contributed by atoms with Crippen molar-refractivity contribution in [3.8, 4) is 5.75 Å². The number of carbonyl (C=O) groups excluding carboxylic acids is 2. The van der Waals surface area contributed by atoms with Gasteiger partial charge < -0.3 is 20.5 Å². The molecule has 10 nitrogen and oxygen atoms in total. The highest BCUT2D eigenvalue weighted by atomic mass is 16.7. The monoisotopic (exact) mass is 390 g/mol. The van der Waals surface area contributed by atoms with Crippen molar-refractivity contribution in [1.29, 1.82) is 0 Å². The van der Waals surface area contributed by atoms with Crippen LogP contribution >= 0.6 is 0 Å². The number of esters is 1. The van der Waals surface area contributed by atoms with Crippen molar-refractivity contribution in [2.75, 3.05) is 13.3 Å². The van der Waals surface area contributed by atoms with Crippen LogP contribution in [0.1, 0.15) is 20.3 Å². The number of nitro benzene ring substituents is 1. The van der Waals surface area contributed by atoms with Gasteiger partial charge in [-0.3, -0.25) is 24.7 Å². The Morgan fingerprint density at radius 1 is 1.32 bits per heavy atom. The molecule has 10 heteroatoms. The highest BCUT2D eigenvalue weighted by Gasteiger charge is 2.17. The van der Waals surface area contributed by atoms with Crippen LogP contribution in [0.25, 0.3) is 10.9 Å². The fourth-order valence-electron chi connectivity index (χ4n) is 2.52. The number of non-ortho nitro benzene ring substituents is 1. The zero-order chi connectivity index (χ0) is 20.7. The number of ether oxygens (including phenoxy) is 2. The number of nitrogens with one attached hydrogen (secondary N) is 1. The summed E-state index contributed by atoms with van der Waals surface area (Å²) >= 11 is 0. The first-order chi connectivity index (χ1) is 13.3. The average Bonchev–Trinajstić information content (AvgIpc) is 2.65. The van der Waals surface area contributed by atoms with E-state index >= 15 is 0 Å². The predicted molar refractivity (Wildman–Crippen MR) is 100 cm³/mol. The molecule has 2 aromatic rings. The molecule has 1 atom stereocenters. The standard InChI is InChI=1S/C18H22N4O6/c1-11(2)8-13(19)18(24)21-9-16(23)28-10-27-15-6-5-14(22(25)26)12-4-3-7-20-17(12)15/h3-7,11,13H,8-10,19H2,1-2H3,(H,21,24)/t13-/m0/s1. The van der Waals surface area contributed by atoms with Gasteiger partial charge >= 0.3 is 5.97 Å². The molecule has 0 saturated heterocycles. The number of hydrogen-bond donors (Lipinski definition) is 2. The summed E-state index contributed by atoms with van der Waals surface area (Å²) in [5, 5.41) is 13.8. The number of nitrogens with zero attached hydrogens (tertiary/aromatic N) is 2. The van der Waals surface area contributed by atoms with Crippen LogP contribution in [0.4, 0.5) is 5.69 Å². The van der Waals surface area contributed by atoms with Gasteiger partial charge in [0.15, 0.2) is 0 Å². The van der Waals surface area contributed by atoms with Crippen LogP contribution in [0.5, 0.6) is 5.75 Å². The molecule has 3 N–H and O–H groups in total. The first kappa shape index (κ1) is 21.0. The van der Waals surface area contributed by atoms with Crippen molar-refractivity contribution in [3.63, 3.8) is 0 Å². The molecule has 150 valence electrons. The Morgan fingerprint density at radius 2 is 2.07 bits per heavy atom. The lowest BCUT2D eigenvalue weighted by Crippen LogP contribution is -2.43. The summed E-state index contributed by atoms with van der Waals surface area (Å²) in [6.07, 6.45) is 1.98. The molecule has 0 unspecified atom stereocenters. The van der Waals surface area contributed by atoms with Gasteiger partial charge in [0.05, 0.1) is 16.4 Å². The molecule has 1 amide bonds. The molecule has 0 radical (unpaired) electrons. The molecule has 0 aliphatic rings. The Morgan fingerprint density at radius 3 is 2.75 bits per heavy atom. The van der Waals surface area contributed by atoms with Crippen molar-refractivity contribution < 1.29 is 24.0 Å². The molecule has 1 aromatic carbocycles. The lowest BCUT2D eigenvalue weighted by Gasteiger charge is -2.14. The van der Waals surface area contributed by atoms with Crippen molar-refractivity contribution >= 4 is 28.5 Å². The summed E-state index contributed by atoms with van der Waals surface area (Å²) in [6, 6.07) is 5.11. The number of rotatable bonds is 9. The van der Waals surface area contributed by atoms with E-state index in [4.69, 9.17) is 15.2 Å². The third-order valence-corrected chi connectivity index (χ3v) is 3.81. The molecule has 0 bridgehead atoms. The predicted octanol–water partition coefficient (Wildman–Crippen LogP) is 1.51. The van der Waals surface area contributed by atoms with E-state index in [1.807, 2.05) is 13.8 Å². The van der Waals surface area contributed by atoms with E-state index in [2.05, 4.69) is 10.3 Å². The van der Waals surface area contributed by atoms with E-state index in [0.717, 1.165) is 0 Å². The molecular weight excluding hydrogens is 368 g/mol. The van der Waals surface area contributed by atoms with Gasteiger partial charge in [-0.25, -0.2) is 0 Å². The first-order valence-electron chi connectivity index (χ1n) is 8.63. The highest BCUT2D eigenvalue weighted by Crippen LogP contribution is 2.31. The molecule has 1 aromatic heterocycles. The lowest BCUT2D eigenvalue weighted by atomic mass is 10.0. The van der Waals surface area contributed by atoms with Gasteiger partial charge in [0.25, 0.3) is 5.69 Å². The maximum absolute atomic E-state index is 11.8. The van der Waals surface area contributed by atoms with E-state index in [1.54, 1.807) is 12.1 Å². The Hall–Kier alpha value is -3.27. The lowest BCUT2D eigenvalue weighted by molar-refractivity contribution is -0.383. The fourth-order valence-corrected chi connectivity index (χ4v) is 2.52. The second kappa shape index (κ2) is 9.60. The van der Waals surface area contributed by atoms with E-state index < -0.39 is 29.6 Å². The number of hydrogen-bond acceptors (Lipinski definition) is 8. The topological polar surface area (TPSA) is 147 Å². The minimum absolute atomic E-state index is 0.104. The highest BCUT2D eigenvalue weighted by molar-refractivity contribution is 5.92. The molecule has 0 spiro atoms. The van der Waals surface area contributed by atoms with Gasteiger partial charge in [-0.1, -0.05) is 13.8 Å². The maximum Gasteiger partial charge on any atom is 0.328 e. The average molecular weight is 390 g/mol. The van der Waals surface area contributed by atoms with Gasteiger partial charge in [0, 0.05) is 12.3 Å². The molecule has 1 heterocycles. The van der Waals surface area contributed by atoms with Crippen molar-refractivity contribution in [1.82, 2.24) is 10.3 Å². The van der Waals surface area contributed by atoms with Crippen molar-refractivity contribution in [3.05, 3.63) is 40.6 Å². The third-order valence-electron chi connectivity index (χ3n) is 3.81. The van der Waals surface area contributed by atoms with Gasteiger partial charge in [-0.15, -0.1) is 0 Å². The van der Waals surface area contributed by atoms with Crippen LogP contribution in [-0.2, 0) is 14.3 Å². The molecule has 28 heavy (non-hydrogen) atoms. The van der Waals surface area contributed by atoms with E-state index in [1.165, 1.54) is 18.3 Å². The number of nitrogens with two attached hydrogens (primary N) is 1. The van der Waals surface area contributed by atoms with Crippen LogP contribution in [-0.4, -0.2) is 41.2 Å². The first-order valence-corrected chi connectivity index (χ1v) is 8.63. The molecule has 0 aliphatic heterocycles. The summed E-state index contributed by atoms with van der Waals surface area (Å²) < 4.78 is 10.3. The SMILES string of the molecule is CC(C)C[C@H](N)C(=O)NCC(=O)OCOc1ccc([N+](=O)[O-])c2cccnc12. The van der Waals surface area contributed by atoms with Crippen LogP contribution in [0.15, 0.2) is 30.5 Å². The number of carbonyl (C=O) groups is 2. The quantitative estimate of drug-likeness (QED) is 0.283. The molecule has 0 aliphatic carbocycles. The minimum atomic E-state index is -0.704. The van der Waals surface area contributed by atoms with Crippen LogP contribution in [0.3, 0.4) is 0 Å². The minimum Gasteiger partial charge on any atom is -0.455 e. The maximum atomic E-state index is 11.8. The van der Waals surface area contributed by atoms with Crippen molar-refractivity contribution in [2.24, 2.45) is 11.7 Å². The number of fused-ring (bicyclic) bond motifs is 1. The smallest absolute Gasteiger partial charge is 0.328 e. The second-order valence-corrected chi connectivity index (χ2v) is 6.47.